The molecule has 30 heavy (non-hydrogen) atoms. The van der Waals surface area contributed by atoms with E-state index in [2.05, 4.69) is 55.2 Å². The molecule has 2 amide bonds. The Kier molecular flexibility index (Phi) is 3.80. The molecule has 148 valence electrons. The Labute approximate surface area is 180 Å². The van der Waals surface area contributed by atoms with Crippen LogP contribution in [0.2, 0.25) is 0 Å². The van der Waals surface area contributed by atoms with E-state index in [4.69, 9.17) is 0 Å². The average molecular weight is 460 g/mol. The van der Waals surface area contributed by atoms with Gasteiger partial charge in [0, 0.05) is 50.8 Å². The number of halogens is 1. The van der Waals surface area contributed by atoms with Crippen molar-refractivity contribution in [2.45, 2.75) is 25.8 Å². The highest BCUT2D eigenvalue weighted by Gasteiger charge is 2.35. The Morgan fingerprint density at radius 3 is 2.63 bits per heavy atom. The second-order valence-corrected chi connectivity index (χ2v) is 8.85. The lowest BCUT2D eigenvalue weighted by Gasteiger charge is -2.05. The van der Waals surface area contributed by atoms with Gasteiger partial charge in [-0.3, -0.25) is 14.9 Å². The topological polar surface area (TPSA) is 66.9 Å². The third-order valence-electron chi connectivity index (χ3n) is 6.19. The first-order valence-electron chi connectivity index (χ1n) is 10.1. The summed E-state index contributed by atoms with van der Waals surface area (Å²) < 4.78 is 3.20. The maximum atomic E-state index is 13.0. The number of aromatic amines is 1. The molecular weight excluding hydrogens is 442 g/mol. The minimum atomic E-state index is -0.344. The van der Waals surface area contributed by atoms with Gasteiger partial charge in [-0.1, -0.05) is 40.2 Å². The van der Waals surface area contributed by atoms with Crippen LogP contribution in [0.1, 0.15) is 29.5 Å². The highest BCUT2D eigenvalue weighted by molar-refractivity contribution is 9.10. The molecule has 2 aromatic heterocycles. The highest BCUT2D eigenvalue weighted by Crippen LogP contribution is 2.40. The molecule has 4 heterocycles. The summed E-state index contributed by atoms with van der Waals surface area (Å²) in [7, 11) is 0. The van der Waals surface area contributed by atoms with E-state index in [-0.39, 0.29) is 11.8 Å². The summed E-state index contributed by atoms with van der Waals surface area (Å²) in [6.07, 6.45) is 7.17. The number of hydrogen-bond acceptors (Lipinski definition) is 2. The van der Waals surface area contributed by atoms with E-state index in [9.17, 15) is 9.59 Å². The zero-order valence-electron chi connectivity index (χ0n) is 16.1. The van der Waals surface area contributed by atoms with Crippen molar-refractivity contribution in [1.29, 1.82) is 0 Å². The summed E-state index contributed by atoms with van der Waals surface area (Å²) in [4.78, 5) is 29.1. The van der Waals surface area contributed by atoms with E-state index in [1.807, 2.05) is 24.4 Å². The number of nitrogens with zero attached hydrogens (tertiary/aromatic N) is 1. The third-order valence-corrected chi connectivity index (χ3v) is 6.68. The Bertz CT molecular complexity index is 1420. The SMILES string of the molecule is O=C1NC(=O)C(c2cn3c4c(cccc24)CCCC3)=C1c1c[nH]c2cc(Br)ccc12. The lowest BCUT2D eigenvalue weighted by molar-refractivity contribution is -0.122. The Morgan fingerprint density at radius 1 is 0.933 bits per heavy atom. The summed E-state index contributed by atoms with van der Waals surface area (Å²) in [5, 5.41) is 4.48. The summed E-state index contributed by atoms with van der Waals surface area (Å²) in [6, 6.07) is 12.2. The molecule has 2 aliphatic rings. The van der Waals surface area contributed by atoms with Crippen molar-refractivity contribution in [2.75, 3.05) is 0 Å². The smallest absolute Gasteiger partial charge is 0.259 e. The van der Waals surface area contributed by atoms with Gasteiger partial charge in [-0.05, 0) is 37.0 Å². The number of aryl methyl sites for hydroxylation is 2. The summed E-state index contributed by atoms with van der Waals surface area (Å²) in [6.45, 7) is 0.923. The molecule has 4 aromatic rings. The van der Waals surface area contributed by atoms with E-state index in [0.717, 1.165) is 57.7 Å². The average Bonchev–Trinajstić information content (AvgIpc) is 3.32. The number of carbonyl (C=O) groups is 2. The van der Waals surface area contributed by atoms with Crippen LogP contribution in [-0.4, -0.2) is 21.4 Å². The lowest BCUT2D eigenvalue weighted by Crippen LogP contribution is -2.22. The molecule has 0 radical (unpaired) electrons. The van der Waals surface area contributed by atoms with Crippen molar-refractivity contribution < 1.29 is 9.59 Å². The number of amides is 2. The van der Waals surface area contributed by atoms with Crippen LogP contribution in [0.15, 0.2) is 53.3 Å². The molecule has 0 spiro atoms. The number of H-pyrrole nitrogens is 1. The molecule has 0 fully saturated rings. The largest absolute Gasteiger partial charge is 0.361 e. The molecule has 0 unspecified atom stereocenters. The van der Waals surface area contributed by atoms with Crippen LogP contribution in [0.5, 0.6) is 0 Å². The Balaban J connectivity index is 1.67. The minimum Gasteiger partial charge on any atom is -0.361 e. The van der Waals surface area contributed by atoms with Crippen molar-refractivity contribution in [1.82, 2.24) is 14.9 Å². The van der Waals surface area contributed by atoms with Crippen LogP contribution in [0.25, 0.3) is 33.0 Å². The fourth-order valence-corrected chi connectivity index (χ4v) is 5.25. The van der Waals surface area contributed by atoms with Gasteiger partial charge < -0.3 is 9.55 Å². The highest BCUT2D eigenvalue weighted by atomic mass is 79.9. The van der Waals surface area contributed by atoms with E-state index in [1.165, 1.54) is 11.1 Å². The number of hydrogen-bond donors (Lipinski definition) is 2. The maximum absolute atomic E-state index is 13.0. The van der Waals surface area contributed by atoms with E-state index in [0.29, 0.717) is 11.1 Å². The van der Waals surface area contributed by atoms with Crippen molar-refractivity contribution in [2.24, 2.45) is 0 Å². The predicted octanol–water partition coefficient (Wildman–Crippen LogP) is 4.79. The molecule has 0 bridgehead atoms. The van der Waals surface area contributed by atoms with Crippen LogP contribution in [0.4, 0.5) is 0 Å². The first-order valence-corrected chi connectivity index (χ1v) is 10.9. The van der Waals surface area contributed by atoms with E-state index < -0.39 is 0 Å². The molecule has 6 rings (SSSR count). The molecule has 0 saturated heterocycles. The normalized spacial score (nSPS) is 16.6. The van der Waals surface area contributed by atoms with E-state index >= 15 is 0 Å². The number of fused-ring (bicyclic) bond motifs is 1. The Morgan fingerprint density at radius 2 is 1.77 bits per heavy atom. The molecule has 6 heteroatoms. The minimum absolute atomic E-state index is 0.331. The molecule has 2 aliphatic heterocycles. The number of carbonyl (C=O) groups excluding carboxylic acids is 2. The van der Waals surface area contributed by atoms with Gasteiger partial charge in [-0.2, -0.15) is 0 Å². The van der Waals surface area contributed by atoms with Crippen LogP contribution in [0.3, 0.4) is 0 Å². The lowest BCUT2D eigenvalue weighted by atomic mass is 9.95. The predicted molar refractivity (Wildman–Crippen MR) is 121 cm³/mol. The number of nitrogens with one attached hydrogen (secondary N) is 2. The second kappa shape index (κ2) is 6.44. The van der Waals surface area contributed by atoms with Gasteiger partial charge in [0.1, 0.15) is 0 Å². The zero-order valence-corrected chi connectivity index (χ0v) is 17.7. The van der Waals surface area contributed by atoms with Crippen molar-refractivity contribution in [3.05, 3.63) is 70.0 Å². The second-order valence-electron chi connectivity index (χ2n) is 7.93. The molecule has 2 aromatic carbocycles. The van der Waals surface area contributed by atoms with Gasteiger partial charge in [0.2, 0.25) is 0 Å². The fraction of sp³-hybridized carbons (Fsp3) is 0.167. The third kappa shape index (κ3) is 2.46. The van der Waals surface area contributed by atoms with Gasteiger partial charge in [-0.15, -0.1) is 0 Å². The molecule has 0 atom stereocenters. The first-order chi connectivity index (χ1) is 14.6. The molecule has 5 nitrogen and oxygen atoms in total. The van der Waals surface area contributed by atoms with Gasteiger partial charge in [0.15, 0.2) is 0 Å². The summed E-state index contributed by atoms with van der Waals surface area (Å²) in [5.74, 6) is -0.675. The van der Waals surface area contributed by atoms with Crippen LogP contribution >= 0.6 is 15.9 Å². The van der Waals surface area contributed by atoms with Crippen LogP contribution < -0.4 is 5.32 Å². The van der Waals surface area contributed by atoms with Gasteiger partial charge in [-0.25, -0.2) is 0 Å². The first kappa shape index (κ1) is 17.7. The summed E-state index contributed by atoms with van der Waals surface area (Å²) in [5.41, 5.74) is 5.89. The van der Waals surface area contributed by atoms with Crippen LogP contribution in [-0.2, 0) is 22.6 Å². The molecular formula is C24H18BrN3O2. The van der Waals surface area contributed by atoms with Crippen molar-refractivity contribution in [3.63, 3.8) is 0 Å². The Hall–Kier alpha value is -3.12. The summed E-state index contributed by atoms with van der Waals surface area (Å²) >= 11 is 3.48. The number of para-hydroxylation sites is 1. The van der Waals surface area contributed by atoms with Crippen molar-refractivity contribution in [3.8, 4) is 0 Å². The van der Waals surface area contributed by atoms with E-state index in [1.54, 1.807) is 0 Å². The van der Waals surface area contributed by atoms with Gasteiger partial charge in [0.25, 0.3) is 11.8 Å². The van der Waals surface area contributed by atoms with Crippen molar-refractivity contribution >= 4 is 60.7 Å². The van der Waals surface area contributed by atoms with Crippen LogP contribution in [0, 0.1) is 0 Å². The number of rotatable bonds is 2. The molecule has 2 N–H and O–H groups in total. The number of aromatic nitrogens is 2. The monoisotopic (exact) mass is 459 g/mol. The number of benzene rings is 2. The molecule has 0 saturated carbocycles. The quantitative estimate of drug-likeness (QED) is 0.423. The maximum Gasteiger partial charge on any atom is 0.259 e. The standard InChI is InChI=1S/C24H18BrN3O2/c25-14-7-8-15-17(11-26-19(15)10-14)20-21(24(30)27-23(20)29)18-12-28-9-2-1-4-13-5-3-6-16(18)22(13)28/h3,5-8,10-12,26H,1-2,4,9H2,(H,27,29,30). The fourth-order valence-electron chi connectivity index (χ4n) is 4.89. The molecule has 0 aliphatic carbocycles. The number of imide groups is 1. The van der Waals surface area contributed by atoms with Gasteiger partial charge in [0.05, 0.1) is 16.7 Å². The zero-order chi connectivity index (χ0) is 20.4. The van der Waals surface area contributed by atoms with Gasteiger partial charge >= 0.3 is 0 Å².